The molecular weight excluding hydrogens is 1510 g/mol. The normalized spacial score (nSPS) is 11.5. The summed E-state index contributed by atoms with van der Waals surface area (Å²) in [5.74, 6) is 3.84. The standard InChI is InChI=1S/C60H36N4.C56H32N4/c61-37-38-15-16-48-36-49(30-29-47(48)35-38)51-32-34-55-53-14-8-7-13-52(53)54-33-31-50(56(51)57(54)55)43-25-21-41(22-26-43)39-17-19-40(20-18-39)42-23-27-46(28-24-42)60-63-58(44-9-3-1-4-10-44)62-59(64-60)45-11-5-2-6-12-45;57-33-34-23-24-38-32-39(26-25-37(38)31-34)40-27-28-47-41-17-7-8-18-42(41)48-29-30-49(51(40)52(47)48)50-43-19-9-11-21-45(43)53(46-22-12-10-20-44(46)50)56-59-54(35-13-3-1-4-14-35)58-55(60-56)36-15-5-2-6-16-36/h1-36H;1-32H. The van der Waals surface area contributed by atoms with Crippen LogP contribution in [-0.2, 0) is 0 Å². The van der Waals surface area contributed by atoms with Crippen molar-refractivity contribution in [3.05, 3.63) is 424 Å². The predicted molar refractivity (Wildman–Crippen MR) is 508 cm³/mol. The fraction of sp³-hybridized carbons (Fsp3) is 0. The number of nitriles is 2. The highest BCUT2D eigenvalue weighted by Gasteiger charge is 2.30. The van der Waals surface area contributed by atoms with E-state index in [0.717, 1.165) is 110 Å². The Morgan fingerprint density at radius 1 is 0.153 bits per heavy atom. The molecule has 2 aliphatic rings. The lowest BCUT2D eigenvalue weighted by atomic mass is 9.83. The first kappa shape index (κ1) is 72.2. The molecule has 0 fully saturated rings. The average Bonchev–Trinajstić information content (AvgIpc) is 1.49. The Kier molecular flexibility index (Phi) is 17.5. The lowest BCUT2D eigenvalue weighted by molar-refractivity contribution is 1.07. The zero-order chi connectivity index (χ0) is 82.3. The van der Waals surface area contributed by atoms with Crippen LogP contribution in [0.2, 0.25) is 0 Å². The highest BCUT2D eigenvalue weighted by molar-refractivity contribution is 6.29. The van der Waals surface area contributed by atoms with Gasteiger partial charge in [-0.2, -0.15) is 10.5 Å². The van der Waals surface area contributed by atoms with Gasteiger partial charge in [0.15, 0.2) is 34.9 Å². The van der Waals surface area contributed by atoms with E-state index in [9.17, 15) is 10.5 Å². The second-order valence-corrected chi connectivity index (χ2v) is 31.7. The third-order valence-electron chi connectivity index (χ3n) is 24.6. The summed E-state index contributed by atoms with van der Waals surface area (Å²) in [6.45, 7) is 0. The summed E-state index contributed by atoms with van der Waals surface area (Å²) >= 11 is 0. The Labute approximate surface area is 715 Å². The van der Waals surface area contributed by atoms with Crippen molar-refractivity contribution in [2.75, 3.05) is 0 Å². The van der Waals surface area contributed by atoms with Gasteiger partial charge in [-0.25, -0.2) is 29.9 Å². The molecule has 2 heterocycles. The fourth-order valence-corrected chi connectivity index (χ4v) is 18.7. The molecule has 0 unspecified atom stereocenters. The van der Waals surface area contributed by atoms with E-state index >= 15 is 0 Å². The van der Waals surface area contributed by atoms with E-state index in [1.165, 1.54) is 99.4 Å². The van der Waals surface area contributed by atoms with Crippen molar-refractivity contribution in [2.24, 2.45) is 0 Å². The van der Waals surface area contributed by atoms with Crippen molar-refractivity contribution in [3.63, 3.8) is 0 Å². The Bertz CT molecular complexity index is 7970. The molecule has 0 saturated heterocycles. The van der Waals surface area contributed by atoms with Gasteiger partial charge in [0.2, 0.25) is 0 Å². The first-order chi connectivity index (χ1) is 61.4. The van der Waals surface area contributed by atoms with Gasteiger partial charge >= 0.3 is 0 Å². The minimum atomic E-state index is 0.632. The van der Waals surface area contributed by atoms with Gasteiger partial charge in [0, 0.05) is 33.4 Å². The molecule has 22 aromatic rings. The van der Waals surface area contributed by atoms with Crippen LogP contribution in [0.4, 0.5) is 0 Å². The van der Waals surface area contributed by atoms with E-state index < -0.39 is 0 Å². The molecular formula is C116H68N8. The quantitative estimate of drug-likeness (QED) is 0.111. The summed E-state index contributed by atoms with van der Waals surface area (Å²) in [6.07, 6.45) is 0. The molecule has 0 amide bonds. The molecule has 0 saturated carbocycles. The number of hydrogen-bond donors (Lipinski definition) is 0. The maximum absolute atomic E-state index is 9.61. The molecule has 8 nitrogen and oxygen atoms in total. The van der Waals surface area contributed by atoms with Crippen LogP contribution in [0.1, 0.15) is 11.1 Å². The van der Waals surface area contributed by atoms with Crippen LogP contribution in [-0.4, -0.2) is 29.9 Å². The Balaban J connectivity index is 0.000000144. The SMILES string of the molecule is N#Cc1ccc2cc(-c3ccc4c5c(ccc(-c6c7ccccc7c(-c7nc(-c8ccccc8)nc(-c8ccccc8)n7)c7ccccc67)c35)-c3ccccc3-4)ccc2c1.N#Cc1ccc2cc(-c3ccc4c5c(ccc(-c6ccc(-c7ccc(-c8ccc(-c9nc(-c%10ccccc%10)nc(-c%10ccccc%10)n9)cc8)cc7)cc6)c35)-c3ccccc3-4)ccc2c1. The Hall–Kier alpha value is -17.0. The number of benzene rings is 20. The molecule has 124 heavy (non-hydrogen) atoms. The van der Waals surface area contributed by atoms with Gasteiger partial charge in [-0.1, -0.05) is 376 Å². The smallest absolute Gasteiger partial charge is 0.165 e. The van der Waals surface area contributed by atoms with Crippen LogP contribution in [0, 0.1) is 22.7 Å². The molecule has 2 aliphatic carbocycles. The maximum atomic E-state index is 9.61. The third kappa shape index (κ3) is 12.5. The van der Waals surface area contributed by atoms with E-state index in [0.29, 0.717) is 46.1 Å². The van der Waals surface area contributed by atoms with Crippen LogP contribution in [0.15, 0.2) is 413 Å². The average molecular weight is 1570 g/mol. The molecule has 0 atom stereocenters. The fourth-order valence-electron chi connectivity index (χ4n) is 18.7. The summed E-state index contributed by atoms with van der Waals surface area (Å²) in [6, 6.07) is 150. The highest BCUT2D eigenvalue weighted by atomic mass is 15.0. The van der Waals surface area contributed by atoms with Crippen molar-refractivity contribution in [2.45, 2.75) is 0 Å². The lowest BCUT2D eigenvalue weighted by Crippen LogP contribution is -2.01. The molecule has 20 aromatic carbocycles. The van der Waals surface area contributed by atoms with Gasteiger partial charge in [-0.3, -0.25) is 0 Å². The number of aromatic nitrogens is 6. The van der Waals surface area contributed by atoms with Gasteiger partial charge in [0.25, 0.3) is 0 Å². The summed E-state index contributed by atoms with van der Waals surface area (Å²) < 4.78 is 0. The minimum Gasteiger partial charge on any atom is -0.208 e. The molecule has 0 N–H and O–H groups in total. The van der Waals surface area contributed by atoms with E-state index in [1.54, 1.807) is 0 Å². The van der Waals surface area contributed by atoms with Gasteiger partial charge in [-0.05, 0) is 212 Å². The maximum Gasteiger partial charge on any atom is 0.165 e. The molecule has 2 aromatic heterocycles. The second kappa shape index (κ2) is 30.1. The third-order valence-corrected chi connectivity index (χ3v) is 24.6. The topological polar surface area (TPSA) is 125 Å². The first-order valence-electron chi connectivity index (χ1n) is 41.6. The van der Waals surface area contributed by atoms with Gasteiger partial charge in [-0.15, -0.1) is 0 Å². The summed E-state index contributed by atoms with van der Waals surface area (Å²) in [7, 11) is 0. The highest BCUT2D eigenvalue weighted by Crippen LogP contribution is 2.56. The Morgan fingerprint density at radius 3 is 0.734 bits per heavy atom. The number of nitrogens with zero attached hydrogens (tertiary/aromatic N) is 8. The molecule has 0 spiro atoms. The lowest BCUT2D eigenvalue weighted by Gasteiger charge is -2.20. The number of fused-ring (bicyclic) bond motifs is 10. The zero-order valence-electron chi connectivity index (χ0n) is 66.8. The van der Waals surface area contributed by atoms with Crippen molar-refractivity contribution in [3.8, 4) is 192 Å². The van der Waals surface area contributed by atoms with Crippen LogP contribution < -0.4 is 0 Å². The van der Waals surface area contributed by atoms with Crippen molar-refractivity contribution >= 4 is 64.6 Å². The summed E-state index contributed by atoms with van der Waals surface area (Å²) in [5, 5.41) is 32.9. The van der Waals surface area contributed by atoms with Gasteiger partial charge in [0.05, 0.1) is 23.3 Å². The van der Waals surface area contributed by atoms with Crippen LogP contribution in [0.3, 0.4) is 0 Å². The second-order valence-electron chi connectivity index (χ2n) is 31.7. The summed E-state index contributed by atoms with van der Waals surface area (Å²) in [5.41, 5.74) is 31.1. The molecule has 0 bridgehead atoms. The van der Waals surface area contributed by atoms with Crippen LogP contribution >= 0.6 is 0 Å². The van der Waals surface area contributed by atoms with E-state index in [1.807, 2.05) is 121 Å². The van der Waals surface area contributed by atoms with Crippen molar-refractivity contribution in [1.29, 1.82) is 10.5 Å². The molecule has 24 rings (SSSR count). The van der Waals surface area contributed by atoms with E-state index in [4.69, 9.17) is 29.9 Å². The molecule has 0 radical (unpaired) electrons. The first-order valence-corrected chi connectivity index (χ1v) is 41.6. The largest absolute Gasteiger partial charge is 0.208 e. The molecule has 0 aliphatic heterocycles. The van der Waals surface area contributed by atoms with E-state index in [-0.39, 0.29) is 0 Å². The monoisotopic (exact) mass is 1570 g/mol. The molecule has 572 valence electrons. The number of rotatable bonds is 12. The summed E-state index contributed by atoms with van der Waals surface area (Å²) in [4.78, 5) is 30.2. The number of hydrogen-bond acceptors (Lipinski definition) is 8. The van der Waals surface area contributed by atoms with E-state index in [2.05, 4.69) is 303 Å². The van der Waals surface area contributed by atoms with Gasteiger partial charge in [0.1, 0.15) is 0 Å². The Morgan fingerprint density at radius 2 is 0.387 bits per heavy atom. The van der Waals surface area contributed by atoms with Crippen molar-refractivity contribution in [1.82, 2.24) is 29.9 Å². The predicted octanol–water partition coefficient (Wildman–Crippen LogP) is 29.7. The zero-order valence-corrected chi connectivity index (χ0v) is 66.8. The van der Waals surface area contributed by atoms with Crippen molar-refractivity contribution < 1.29 is 0 Å². The van der Waals surface area contributed by atoms with Crippen LogP contribution in [0.25, 0.3) is 244 Å². The minimum absolute atomic E-state index is 0.632. The molecule has 8 heteroatoms. The van der Waals surface area contributed by atoms with Gasteiger partial charge < -0.3 is 0 Å². The van der Waals surface area contributed by atoms with Crippen LogP contribution in [0.5, 0.6) is 0 Å².